The first-order chi connectivity index (χ1) is 11.7. The van der Waals surface area contributed by atoms with Gasteiger partial charge in [0.15, 0.2) is 7.14 Å². The molecule has 0 spiro atoms. The topological polar surface area (TPSA) is 29.1 Å². The lowest BCUT2D eigenvalue weighted by Crippen LogP contribution is -2.15. The molecule has 0 bridgehead atoms. The summed E-state index contributed by atoms with van der Waals surface area (Å²) in [6, 6.07) is 29.2. The number of allylic oxidation sites excluding steroid dienone is 1. The van der Waals surface area contributed by atoms with E-state index in [-0.39, 0.29) is 0 Å². The Morgan fingerprint density at radius 3 is 1.62 bits per heavy atom. The van der Waals surface area contributed by atoms with Crippen LogP contribution in [0.5, 0.6) is 0 Å². The third kappa shape index (κ3) is 3.67. The highest BCUT2D eigenvalue weighted by molar-refractivity contribution is 7.81. The second-order valence-electron chi connectivity index (χ2n) is 5.63. The normalized spacial score (nSPS) is 12.0. The maximum atomic E-state index is 13.9. The molecule has 3 aromatic carbocycles. The van der Waals surface area contributed by atoms with E-state index in [4.69, 9.17) is 0 Å². The van der Waals surface area contributed by atoms with Gasteiger partial charge in [0.2, 0.25) is 0 Å². The van der Waals surface area contributed by atoms with Gasteiger partial charge < -0.3 is 9.88 Å². The van der Waals surface area contributed by atoms with E-state index in [2.05, 4.69) is 5.32 Å². The number of para-hydroxylation sites is 1. The van der Waals surface area contributed by atoms with Crippen molar-refractivity contribution in [2.24, 2.45) is 0 Å². The molecule has 3 aromatic rings. The molecule has 0 aliphatic rings. The maximum absolute atomic E-state index is 13.9. The molecule has 0 saturated heterocycles. The highest BCUT2D eigenvalue weighted by atomic mass is 31.2. The van der Waals surface area contributed by atoms with Gasteiger partial charge in [-0.05, 0) is 19.1 Å². The zero-order valence-electron chi connectivity index (χ0n) is 13.6. The van der Waals surface area contributed by atoms with Crippen molar-refractivity contribution in [3.8, 4) is 0 Å². The molecule has 0 aliphatic heterocycles. The molecule has 0 saturated carbocycles. The standard InChI is InChI=1S/C21H20NOP/c1-18(22-19-11-5-2-6-12-19)17-24(23,20-13-7-3-8-14-20)21-15-9-4-10-16-21/h2-17,22H,1H3/b18-17+. The Morgan fingerprint density at radius 1 is 0.750 bits per heavy atom. The summed E-state index contributed by atoms with van der Waals surface area (Å²) in [7, 11) is -2.84. The number of rotatable bonds is 5. The molecular formula is C21H20NOP. The fourth-order valence-electron chi connectivity index (χ4n) is 2.65. The molecule has 0 amide bonds. The van der Waals surface area contributed by atoms with Crippen LogP contribution >= 0.6 is 7.14 Å². The highest BCUT2D eigenvalue weighted by Crippen LogP contribution is 2.45. The summed E-state index contributed by atoms with van der Waals surface area (Å²) in [6.45, 7) is 1.95. The van der Waals surface area contributed by atoms with Gasteiger partial charge in [-0.25, -0.2) is 0 Å². The van der Waals surface area contributed by atoms with Gasteiger partial charge in [-0.1, -0.05) is 78.9 Å². The molecule has 0 radical (unpaired) electrons. The zero-order valence-corrected chi connectivity index (χ0v) is 14.5. The van der Waals surface area contributed by atoms with Crippen molar-refractivity contribution in [2.45, 2.75) is 6.92 Å². The van der Waals surface area contributed by atoms with Crippen LogP contribution in [0, 0.1) is 0 Å². The smallest absolute Gasteiger partial charge is 0.165 e. The Hall–Kier alpha value is -2.57. The SMILES string of the molecule is C/C(=C\P(=O)(c1ccccc1)c1ccccc1)Nc1ccccc1. The van der Waals surface area contributed by atoms with Crippen LogP contribution in [0.1, 0.15) is 6.92 Å². The van der Waals surface area contributed by atoms with E-state index >= 15 is 0 Å². The van der Waals surface area contributed by atoms with E-state index < -0.39 is 7.14 Å². The fraction of sp³-hybridized carbons (Fsp3) is 0.0476. The Bertz CT molecular complexity index is 815. The molecule has 0 atom stereocenters. The fourth-order valence-corrected chi connectivity index (χ4v) is 5.09. The molecular weight excluding hydrogens is 313 g/mol. The highest BCUT2D eigenvalue weighted by Gasteiger charge is 2.24. The van der Waals surface area contributed by atoms with Crippen molar-refractivity contribution in [3.63, 3.8) is 0 Å². The lowest BCUT2D eigenvalue weighted by Gasteiger charge is -2.17. The number of hydrogen-bond acceptors (Lipinski definition) is 2. The van der Waals surface area contributed by atoms with Crippen molar-refractivity contribution >= 4 is 23.4 Å². The van der Waals surface area contributed by atoms with E-state index in [1.807, 2.05) is 104 Å². The third-order valence-electron chi connectivity index (χ3n) is 3.77. The van der Waals surface area contributed by atoms with E-state index in [9.17, 15) is 4.57 Å². The Balaban J connectivity index is 2.03. The van der Waals surface area contributed by atoms with Gasteiger partial charge in [0.25, 0.3) is 0 Å². The predicted molar refractivity (Wildman–Crippen MR) is 104 cm³/mol. The summed E-state index contributed by atoms with van der Waals surface area (Å²) in [5.74, 6) is 1.87. The second-order valence-corrected chi connectivity index (χ2v) is 8.24. The van der Waals surface area contributed by atoms with Gasteiger partial charge in [-0.3, -0.25) is 0 Å². The monoisotopic (exact) mass is 333 g/mol. The van der Waals surface area contributed by atoms with Gasteiger partial charge in [0.05, 0.1) is 0 Å². The van der Waals surface area contributed by atoms with Crippen LogP contribution in [-0.2, 0) is 4.57 Å². The minimum absolute atomic E-state index is 0.838. The molecule has 3 heteroatoms. The minimum atomic E-state index is -2.84. The van der Waals surface area contributed by atoms with Crippen molar-refractivity contribution in [3.05, 3.63) is 103 Å². The Kier molecular flexibility index (Phi) is 4.98. The van der Waals surface area contributed by atoms with Crippen molar-refractivity contribution < 1.29 is 4.57 Å². The Labute approximate surface area is 143 Å². The molecule has 2 nitrogen and oxygen atoms in total. The number of anilines is 1. The van der Waals surface area contributed by atoms with Crippen molar-refractivity contribution in [2.75, 3.05) is 5.32 Å². The van der Waals surface area contributed by atoms with Crippen LogP contribution in [0.4, 0.5) is 5.69 Å². The van der Waals surface area contributed by atoms with E-state index in [1.165, 1.54) is 0 Å². The summed E-state index contributed by atoms with van der Waals surface area (Å²) in [6.07, 6.45) is 0. The third-order valence-corrected chi connectivity index (χ3v) is 6.65. The largest absolute Gasteiger partial charge is 0.359 e. The van der Waals surface area contributed by atoms with Crippen LogP contribution in [0.3, 0.4) is 0 Å². The molecule has 120 valence electrons. The second kappa shape index (κ2) is 7.33. The average Bonchev–Trinajstić information content (AvgIpc) is 2.64. The Morgan fingerprint density at radius 2 is 1.17 bits per heavy atom. The summed E-state index contributed by atoms with van der Waals surface area (Å²) < 4.78 is 13.9. The van der Waals surface area contributed by atoms with Crippen molar-refractivity contribution in [1.29, 1.82) is 0 Å². The van der Waals surface area contributed by atoms with Gasteiger partial charge in [0, 0.05) is 27.8 Å². The lowest BCUT2D eigenvalue weighted by atomic mass is 10.3. The molecule has 24 heavy (non-hydrogen) atoms. The quantitative estimate of drug-likeness (QED) is 0.668. The van der Waals surface area contributed by atoms with E-state index in [0.29, 0.717) is 0 Å². The van der Waals surface area contributed by atoms with Gasteiger partial charge in [-0.15, -0.1) is 0 Å². The predicted octanol–water partition coefficient (Wildman–Crippen LogP) is 4.97. The van der Waals surface area contributed by atoms with E-state index in [1.54, 1.807) is 0 Å². The maximum Gasteiger partial charge on any atom is 0.165 e. The number of hydrogen-bond donors (Lipinski definition) is 1. The molecule has 0 heterocycles. The summed E-state index contributed by atoms with van der Waals surface area (Å²) in [5, 5.41) is 5.00. The minimum Gasteiger partial charge on any atom is -0.359 e. The van der Waals surface area contributed by atoms with Crippen LogP contribution in [-0.4, -0.2) is 0 Å². The van der Waals surface area contributed by atoms with Gasteiger partial charge >= 0.3 is 0 Å². The molecule has 0 aliphatic carbocycles. The summed E-state index contributed by atoms with van der Waals surface area (Å²) in [5.41, 5.74) is 1.86. The molecule has 1 N–H and O–H groups in total. The van der Waals surface area contributed by atoms with Crippen LogP contribution in [0.25, 0.3) is 0 Å². The molecule has 0 unspecified atom stereocenters. The summed E-state index contributed by atoms with van der Waals surface area (Å²) >= 11 is 0. The van der Waals surface area contributed by atoms with Gasteiger partial charge in [-0.2, -0.15) is 0 Å². The summed E-state index contributed by atoms with van der Waals surface area (Å²) in [4.78, 5) is 0. The number of benzene rings is 3. The van der Waals surface area contributed by atoms with Gasteiger partial charge in [0.1, 0.15) is 0 Å². The molecule has 3 rings (SSSR count). The average molecular weight is 333 g/mol. The molecule has 0 fully saturated rings. The van der Waals surface area contributed by atoms with E-state index in [0.717, 1.165) is 22.0 Å². The zero-order chi connectivity index (χ0) is 16.8. The van der Waals surface area contributed by atoms with Crippen LogP contribution in [0.2, 0.25) is 0 Å². The van der Waals surface area contributed by atoms with Crippen LogP contribution < -0.4 is 15.9 Å². The van der Waals surface area contributed by atoms with Crippen molar-refractivity contribution in [1.82, 2.24) is 0 Å². The van der Waals surface area contributed by atoms with Crippen LogP contribution in [0.15, 0.2) is 103 Å². The first-order valence-electron chi connectivity index (χ1n) is 7.91. The lowest BCUT2D eigenvalue weighted by molar-refractivity contribution is 0.592. The first kappa shape index (κ1) is 16.3. The number of nitrogens with one attached hydrogen (secondary N) is 1. The first-order valence-corrected chi connectivity index (χ1v) is 9.68. The molecule has 0 aromatic heterocycles.